The van der Waals surface area contributed by atoms with Gasteiger partial charge in [-0.2, -0.15) is 0 Å². The summed E-state index contributed by atoms with van der Waals surface area (Å²) in [6.45, 7) is 1.30. The first-order valence-corrected chi connectivity index (χ1v) is 12.6. The Morgan fingerprint density at radius 1 is 0.943 bits per heavy atom. The van der Waals surface area contributed by atoms with Crippen LogP contribution < -0.4 is 5.14 Å². The van der Waals surface area contributed by atoms with Gasteiger partial charge in [0.15, 0.2) is 5.82 Å². The Bertz CT molecular complexity index is 1380. The third-order valence-corrected chi connectivity index (χ3v) is 6.34. The normalized spacial score (nSPS) is 11.8. The Kier molecular flexibility index (Phi) is 7.67. The molecule has 0 fully saturated rings. The van der Waals surface area contributed by atoms with Gasteiger partial charge in [-0.05, 0) is 29.3 Å². The molecule has 0 spiro atoms. The van der Waals surface area contributed by atoms with E-state index in [1.807, 2.05) is 65.6 Å². The maximum atomic E-state index is 15.0. The lowest BCUT2D eigenvalue weighted by Gasteiger charge is -2.19. The van der Waals surface area contributed by atoms with E-state index in [1.165, 1.54) is 16.8 Å². The number of aromatic nitrogens is 3. The molecule has 1 heterocycles. The topological polar surface area (TPSA) is 114 Å². The third-order valence-electron chi connectivity index (χ3n) is 5.43. The summed E-state index contributed by atoms with van der Waals surface area (Å²) < 4.78 is 39.7. The van der Waals surface area contributed by atoms with E-state index in [0.717, 1.165) is 17.2 Å². The highest BCUT2D eigenvalue weighted by Gasteiger charge is 2.19. The van der Waals surface area contributed by atoms with Crippen molar-refractivity contribution in [1.82, 2.24) is 19.7 Å². The first kappa shape index (κ1) is 24.7. The van der Waals surface area contributed by atoms with Crippen molar-refractivity contribution in [2.75, 3.05) is 13.2 Å². The summed E-state index contributed by atoms with van der Waals surface area (Å²) >= 11 is 0. The van der Waals surface area contributed by atoms with E-state index in [-0.39, 0.29) is 17.2 Å². The van der Waals surface area contributed by atoms with Crippen LogP contribution in [-0.2, 0) is 29.5 Å². The molecule has 4 aromatic rings. The van der Waals surface area contributed by atoms with E-state index in [2.05, 4.69) is 10.1 Å². The number of rotatable bonds is 10. The highest BCUT2D eigenvalue weighted by atomic mass is 32.2. The fraction of sp³-hybridized carbons (Fsp3) is 0.200. The Morgan fingerprint density at radius 2 is 1.60 bits per heavy atom. The van der Waals surface area contributed by atoms with Gasteiger partial charge < -0.3 is 5.11 Å². The average Bonchev–Trinajstić information content (AvgIpc) is 3.21. The van der Waals surface area contributed by atoms with Crippen LogP contribution in [0.4, 0.5) is 4.39 Å². The van der Waals surface area contributed by atoms with E-state index >= 15 is 4.39 Å². The van der Waals surface area contributed by atoms with Crippen LogP contribution in [0.1, 0.15) is 22.8 Å². The molecule has 0 unspecified atom stereocenters. The number of hydrogen-bond donors (Lipinski definition) is 2. The minimum atomic E-state index is -4.05. The summed E-state index contributed by atoms with van der Waals surface area (Å²) in [4.78, 5) is 6.36. The first-order chi connectivity index (χ1) is 16.8. The van der Waals surface area contributed by atoms with Gasteiger partial charge >= 0.3 is 0 Å². The Labute approximate surface area is 203 Å². The van der Waals surface area contributed by atoms with Crippen LogP contribution in [0.25, 0.3) is 5.69 Å². The minimum absolute atomic E-state index is 0.0337. The van der Waals surface area contributed by atoms with Gasteiger partial charge in [0.25, 0.3) is 0 Å². The van der Waals surface area contributed by atoms with Crippen LogP contribution in [0.5, 0.6) is 0 Å². The van der Waals surface area contributed by atoms with Gasteiger partial charge in [0.2, 0.25) is 10.0 Å². The lowest BCUT2D eigenvalue weighted by atomic mass is 10.1. The van der Waals surface area contributed by atoms with Crippen molar-refractivity contribution in [3.05, 3.63) is 107 Å². The molecule has 8 nitrogen and oxygen atoms in total. The molecule has 35 heavy (non-hydrogen) atoms. The summed E-state index contributed by atoms with van der Waals surface area (Å²) in [6, 6.07) is 22.9. The maximum absolute atomic E-state index is 15.0. The highest BCUT2D eigenvalue weighted by Crippen LogP contribution is 2.21. The van der Waals surface area contributed by atoms with Crippen molar-refractivity contribution in [2.24, 2.45) is 5.14 Å². The number of aliphatic hydroxyl groups excluding tert-OH is 1. The van der Waals surface area contributed by atoms with Gasteiger partial charge in [-0.1, -0.05) is 60.7 Å². The van der Waals surface area contributed by atoms with Crippen LogP contribution in [0, 0.1) is 5.82 Å². The number of aliphatic hydroxyl groups is 1. The number of primary sulfonamides is 1. The molecule has 1 aromatic heterocycles. The number of benzene rings is 3. The Balaban J connectivity index is 1.69. The molecule has 0 saturated heterocycles. The molecule has 4 rings (SSSR count). The Hall–Kier alpha value is -3.44. The van der Waals surface area contributed by atoms with Gasteiger partial charge in [0.1, 0.15) is 17.3 Å². The summed E-state index contributed by atoms with van der Waals surface area (Å²) in [7, 11) is -4.05. The number of halogens is 1. The third kappa shape index (κ3) is 6.37. The van der Waals surface area contributed by atoms with Gasteiger partial charge in [-0.25, -0.2) is 27.6 Å². The molecule has 0 aliphatic heterocycles. The molecule has 3 aromatic carbocycles. The van der Waals surface area contributed by atoms with E-state index in [4.69, 9.17) is 5.14 Å². The maximum Gasteiger partial charge on any atom is 0.238 e. The van der Waals surface area contributed by atoms with Crippen molar-refractivity contribution in [3.8, 4) is 5.69 Å². The van der Waals surface area contributed by atoms with Crippen molar-refractivity contribution in [1.29, 1.82) is 0 Å². The van der Waals surface area contributed by atoms with Crippen molar-refractivity contribution >= 4 is 10.0 Å². The summed E-state index contributed by atoms with van der Waals surface area (Å²) in [6.07, 6.45) is 0.392. The zero-order valence-electron chi connectivity index (χ0n) is 19.0. The fourth-order valence-corrected chi connectivity index (χ4v) is 4.30. The number of hydrogen-bond acceptors (Lipinski definition) is 6. The molecule has 0 aliphatic rings. The largest absolute Gasteiger partial charge is 0.395 e. The number of sulfonamides is 1. The standard InChI is InChI=1S/C25H26FN5O3S/c26-22-16-21(35(27,33)34)11-12-23(22)31-25(15-19-7-3-1-4-8-19)28-24(29-31)18-30(13-14-32)17-20-9-5-2-6-10-20/h1-12,16,32H,13-15,17-18H2,(H2,27,33,34). The van der Waals surface area contributed by atoms with Gasteiger partial charge in [-0.3, -0.25) is 4.90 Å². The van der Waals surface area contributed by atoms with Crippen molar-refractivity contribution in [3.63, 3.8) is 0 Å². The van der Waals surface area contributed by atoms with E-state index in [9.17, 15) is 13.5 Å². The summed E-state index contributed by atoms with van der Waals surface area (Å²) in [5.41, 5.74) is 2.11. The van der Waals surface area contributed by atoms with Crippen molar-refractivity contribution in [2.45, 2.75) is 24.4 Å². The molecule has 3 N–H and O–H groups in total. The molecule has 0 amide bonds. The Morgan fingerprint density at radius 3 is 2.20 bits per heavy atom. The minimum Gasteiger partial charge on any atom is -0.395 e. The molecular formula is C25H26FN5O3S. The van der Waals surface area contributed by atoms with E-state index < -0.39 is 15.8 Å². The van der Waals surface area contributed by atoms with Gasteiger partial charge in [-0.15, -0.1) is 5.10 Å². The molecule has 0 aliphatic carbocycles. The smallest absolute Gasteiger partial charge is 0.238 e. The monoisotopic (exact) mass is 495 g/mol. The second-order valence-electron chi connectivity index (χ2n) is 8.10. The van der Waals surface area contributed by atoms with Crippen molar-refractivity contribution < 1.29 is 17.9 Å². The molecule has 10 heteroatoms. The second-order valence-corrected chi connectivity index (χ2v) is 9.66. The average molecular weight is 496 g/mol. The van der Waals surface area contributed by atoms with Gasteiger partial charge in [0, 0.05) is 19.5 Å². The van der Waals surface area contributed by atoms with Crippen LogP contribution >= 0.6 is 0 Å². The SMILES string of the molecule is NS(=O)(=O)c1ccc(-n2nc(CN(CCO)Cc3ccccc3)nc2Cc2ccccc2)c(F)c1. The van der Waals surface area contributed by atoms with Crippen LogP contribution in [0.3, 0.4) is 0 Å². The molecule has 182 valence electrons. The summed E-state index contributed by atoms with van der Waals surface area (Å²) in [5, 5.41) is 19.3. The first-order valence-electron chi connectivity index (χ1n) is 11.0. The predicted molar refractivity (Wildman–Crippen MR) is 130 cm³/mol. The van der Waals surface area contributed by atoms with Crippen LogP contribution in [0.15, 0.2) is 83.8 Å². The van der Waals surface area contributed by atoms with E-state index in [1.54, 1.807) is 0 Å². The van der Waals surface area contributed by atoms with E-state index in [0.29, 0.717) is 37.7 Å². The van der Waals surface area contributed by atoms with Crippen LogP contribution in [0.2, 0.25) is 0 Å². The molecule has 0 saturated carbocycles. The van der Waals surface area contributed by atoms with Gasteiger partial charge in [0.05, 0.1) is 18.0 Å². The highest BCUT2D eigenvalue weighted by molar-refractivity contribution is 7.89. The quantitative estimate of drug-likeness (QED) is 0.350. The molecule has 0 bridgehead atoms. The zero-order valence-corrected chi connectivity index (χ0v) is 19.8. The fourth-order valence-electron chi connectivity index (χ4n) is 3.78. The number of nitrogens with two attached hydrogens (primary N) is 1. The number of nitrogens with zero attached hydrogens (tertiary/aromatic N) is 4. The zero-order chi connectivity index (χ0) is 24.8. The molecular weight excluding hydrogens is 469 g/mol. The predicted octanol–water partition coefficient (Wildman–Crippen LogP) is 2.64. The summed E-state index contributed by atoms with van der Waals surface area (Å²) in [5.74, 6) is 0.172. The molecule has 0 radical (unpaired) electrons. The second kappa shape index (κ2) is 10.9. The lowest BCUT2D eigenvalue weighted by Crippen LogP contribution is -2.26. The molecule has 0 atom stereocenters. The lowest BCUT2D eigenvalue weighted by molar-refractivity contribution is 0.181. The van der Waals surface area contributed by atoms with Crippen LogP contribution in [-0.4, -0.2) is 46.3 Å².